The number of hydrogen-bond donors (Lipinski definition) is 0. The number of rotatable bonds is 8. The predicted octanol–water partition coefficient (Wildman–Crippen LogP) is 1.65. The van der Waals surface area contributed by atoms with Gasteiger partial charge in [-0.1, -0.05) is 19.8 Å². The monoisotopic (exact) mass is 199 g/mol. The third kappa shape index (κ3) is 9.01. The quantitative estimate of drug-likeness (QED) is 0.440. The van der Waals surface area contributed by atoms with Gasteiger partial charge in [-0.2, -0.15) is 5.26 Å². The highest BCUT2D eigenvalue weighted by molar-refractivity contribution is 5.71. The number of hydrogen-bond acceptors (Lipinski definition) is 4. The van der Waals surface area contributed by atoms with Crippen molar-refractivity contribution in [1.29, 1.82) is 5.26 Å². The lowest BCUT2D eigenvalue weighted by atomic mass is 10.3. The number of carbonyl (C=O) groups excluding carboxylic acids is 1. The Morgan fingerprint density at radius 3 is 2.71 bits per heavy atom. The molecule has 0 aromatic heterocycles. The van der Waals surface area contributed by atoms with E-state index in [-0.39, 0.29) is 13.0 Å². The van der Waals surface area contributed by atoms with E-state index in [1.165, 1.54) is 6.42 Å². The Kier molecular flexibility index (Phi) is 9.23. The van der Waals surface area contributed by atoms with Gasteiger partial charge in [0.05, 0.1) is 12.7 Å². The summed E-state index contributed by atoms with van der Waals surface area (Å²) in [6, 6.07) is 1.72. The van der Waals surface area contributed by atoms with Crippen LogP contribution in [0.15, 0.2) is 0 Å². The van der Waals surface area contributed by atoms with Crippen LogP contribution in [-0.2, 0) is 14.3 Å². The van der Waals surface area contributed by atoms with Gasteiger partial charge < -0.3 is 9.47 Å². The summed E-state index contributed by atoms with van der Waals surface area (Å²) < 4.78 is 9.91. The molecule has 14 heavy (non-hydrogen) atoms. The van der Waals surface area contributed by atoms with Crippen LogP contribution in [-0.4, -0.2) is 25.8 Å². The topological polar surface area (TPSA) is 59.3 Å². The molecule has 0 aliphatic rings. The fourth-order valence-corrected chi connectivity index (χ4v) is 0.886. The molecule has 0 fully saturated rings. The Balaban J connectivity index is 3.06. The maximum Gasteiger partial charge on any atom is 0.320 e. The molecule has 0 radical (unpaired) electrons. The minimum atomic E-state index is -0.482. The zero-order valence-electron chi connectivity index (χ0n) is 8.62. The maximum atomic E-state index is 10.7. The van der Waals surface area contributed by atoms with E-state index in [2.05, 4.69) is 6.92 Å². The van der Waals surface area contributed by atoms with Crippen molar-refractivity contribution in [3.05, 3.63) is 0 Å². The van der Waals surface area contributed by atoms with Crippen LogP contribution in [0.4, 0.5) is 0 Å². The minimum Gasteiger partial charge on any atom is -0.462 e. The lowest BCUT2D eigenvalue weighted by Gasteiger charge is -2.03. The summed E-state index contributed by atoms with van der Waals surface area (Å²) in [5.74, 6) is -0.482. The average Bonchev–Trinajstić information content (AvgIpc) is 2.17. The Hall–Kier alpha value is -1.08. The van der Waals surface area contributed by atoms with Crippen LogP contribution >= 0.6 is 0 Å². The summed E-state index contributed by atoms with van der Waals surface area (Å²) in [4.78, 5) is 10.7. The summed E-state index contributed by atoms with van der Waals surface area (Å²) >= 11 is 0. The largest absolute Gasteiger partial charge is 0.462 e. The maximum absolute atomic E-state index is 10.7. The van der Waals surface area contributed by atoms with Crippen molar-refractivity contribution in [2.45, 2.75) is 32.6 Å². The highest BCUT2D eigenvalue weighted by atomic mass is 16.6. The van der Waals surface area contributed by atoms with Crippen LogP contribution in [0.1, 0.15) is 32.6 Å². The van der Waals surface area contributed by atoms with Gasteiger partial charge in [0.2, 0.25) is 0 Å². The Labute approximate surface area is 84.8 Å². The van der Waals surface area contributed by atoms with Crippen LogP contribution in [0.3, 0.4) is 0 Å². The van der Waals surface area contributed by atoms with Crippen molar-refractivity contribution in [3.8, 4) is 6.07 Å². The number of carbonyl (C=O) groups is 1. The number of esters is 1. The minimum absolute atomic E-state index is 0.185. The summed E-state index contributed by atoms with van der Waals surface area (Å²) in [6.45, 7) is 3.50. The van der Waals surface area contributed by atoms with Crippen molar-refractivity contribution >= 4 is 5.97 Å². The van der Waals surface area contributed by atoms with Gasteiger partial charge in [0.25, 0.3) is 0 Å². The van der Waals surface area contributed by atoms with Crippen LogP contribution in [0, 0.1) is 11.3 Å². The van der Waals surface area contributed by atoms with E-state index in [9.17, 15) is 4.79 Å². The lowest BCUT2D eigenvalue weighted by Crippen LogP contribution is -2.10. The van der Waals surface area contributed by atoms with Crippen LogP contribution in [0.2, 0.25) is 0 Å². The molecular weight excluding hydrogens is 182 g/mol. The molecule has 0 atom stereocenters. The number of unbranched alkanes of at least 4 members (excludes halogenated alkanes) is 2. The molecular formula is C10H17NO3. The lowest BCUT2D eigenvalue weighted by molar-refractivity contribution is -0.143. The van der Waals surface area contributed by atoms with Crippen molar-refractivity contribution in [2.24, 2.45) is 0 Å². The second-order valence-electron chi connectivity index (χ2n) is 2.87. The highest BCUT2D eigenvalue weighted by Gasteiger charge is 1.99. The molecule has 0 heterocycles. The zero-order chi connectivity index (χ0) is 10.6. The van der Waals surface area contributed by atoms with Crippen LogP contribution in [0.25, 0.3) is 0 Å². The first kappa shape index (κ1) is 12.9. The molecule has 0 rings (SSSR count). The number of nitrogens with zero attached hydrogens (tertiary/aromatic N) is 1. The van der Waals surface area contributed by atoms with Gasteiger partial charge in [0, 0.05) is 6.61 Å². The third-order valence-corrected chi connectivity index (χ3v) is 1.61. The second-order valence-corrected chi connectivity index (χ2v) is 2.87. The first-order valence-electron chi connectivity index (χ1n) is 4.91. The van der Waals surface area contributed by atoms with Gasteiger partial charge in [-0.25, -0.2) is 0 Å². The SMILES string of the molecule is CCCCCOCCOC(=O)CC#N. The van der Waals surface area contributed by atoms with E-state index < -0.39 is 5.97 Å². The molecule has 0 unspecified atom stereocenters. The normalized spacial score (nSPS) is 9.43. The standard InChI is InChI=1S/C10H17NO3/c1-2-3-4-7-13-8-9-14-10(12)5-6-11/h2-5,7-9H2,1H3. The molecule has 0 spiro atoms. The van der Waals surface area contributed by atoms with Crippen molar-refractivity contribution < 1.29 is 14.3 Å². The second kappa shape index (κ2) is 10.0. The molecule has 0 amide bonds. The van der Waals surface area contributed by atoms with E-state index in [1.807, 2.05) is 0 Å². The molecule has 0 aliphatic heterocycles. The predicted molar refractivity (Wildman–Crippen MR) is 51.5 cm³/mol. The van der Waals surface area contributed by atoms with Crippen LogP contribution < -0.4 is 0 Å². The summed E-state index contributed by atoms with van der Waals surface area (Å²) in [5, 5.41) is 8.15. The molecule has 0 saturated heterocycles. The molecule has 0 N–H and O–H groups in total. The fourth-order valence-electron chi connectivity index (χ4n) is 0.886. The number of ether oxygens (including phenoxy) is 2. The van der Waals surface area contributed by atoms with Gasteiger partial charge >= 0.3 is 5.97 Å². The summed E-state index contributed by atoms with van der Waals surface area (Å²) in [6.07, 6.45) is 3.19. The third-order valence-electron chi connectivity index (χ3n) is 1.61. The van der Waals surface area contributed by atoms with Crippen molar-refractivity contribution in [2.75, 3.05) is 19.8 Å². The number of nitriles is 1. The summed E-state index contributed by atoms with van der Waals surface area (Å²) in [5.41, 5.74) is 0. The molecule has 4 heteroatoms. The highest BCUT2D eigenvalue weighted by Crippen LogP contribution is 1.94. The Morgan fingerprint density at radius 2 is 2.07 bits per heavy atom. The van der Waals surface area contributed by atoms with Gasteiger partial charge in [0.15, 0.2) is 0 Å². The van der Waals surface area contributed by atoms with Gasteiger partial charge in [-0.3, -0.25) is 4.79 Å². The van der Waals surface area contributed by atoms with E-state index in [0.29, 0.717) is 13.2 Å². The fraction of sp³-hybridized carbons (Fsp3) is 0.800. The molecule has 0 aromatic carbocycles. The van der Waals surface area contributed by atoms with E-state index in [4.69, 9.17) is 14.7 Å². The molecule has 0 aromatic rings. The van der Waals surface area contributed by atoms with Gasteiger partial charge in [0.1, 0.15) is 13.0 Å². The van der Waals surface area contributed by atoms with E-state index >= 15 is 0 Å². The smallest absolute Gasteiger partial charge is 0.320 e. The molecule has 0 bridgehead atoms. The van der Waals surface area contributed by atoms with Crippen molar-refractivity contribution in [3.63, 3.8) is 0 Å². The molecule has 4 nitrogen and oxygen atoms in total. The molecule has 80 valence electrons. The molecule has 0 saturated carbocycles. The Bertz CT molecular complexity index is 186. The first-order valence-corrected chi connectivity index (χ1v) is 4.91. The Morgan fingerprint density at radius 1 is 1.29 bits per heavy atom. The average molecular weight is 199 g/mol. The van der Waals surface area contributed by atoms with Crippen LogP contribution in [0.5, 0.6) is 0 Å². The zero-order valence-corrected chi connectivity index (χ0v) is 8.62. The van der Waals surface area contributed by atoms with Crippen molar-refractivity contribution in [1.82, 2.24) is 0 Å². The van der Waals surface area contributed by atoms with E-state index in [0.717, 1.165) is 12.8 Å². The van der Waals surface area contributed by atoms with E-state index in [1.54, 1.807) is 6.07 Å². The first-order chi connectivity index (χ1) is 6.81. The molecule has 0 aliphatic carbocycles. The summed E-state index contributed by atoms with van der Waals surface area (Å²) in [7, 11) is 0. The van der Waals surface area contributed by atoms with Gasteiger partial charge in [-0.15, -0.1) is 0 Å². The van der Waals surface area contributed by atoms with Gasteiger partial charge in [-0.05, 0) is 6.42 Å².